The van der Waals surface area contributed by atoms with Crippen molar-refractivity contribution in [3.8, 4) is 28.4 Å². The van der Waals surface area contributed by atoms with E-state index in [0.717, 1.165) is 53.7 Å². The lowest BCUT2D eigenvalue weighted by Gasteiger charge is -2.33. The molecule has 0 amide bonds. The molecule has 1 N–H and O–H groups in total. The molecule has 6 rings (SSSR count). The Labute approximate surface area is 226 Å². The molecular weight excluding hydrogens is 492 g/mol. The molecule has 10 nitrogen and oxygen atoms in total. The van der Waals surface area contributed by atoms with Gasteiger partial charge in [0, 0.05) is 55.6 Å². The van der Waals surface area contributed by atoms with Crippen LogP contribution in [0.25, 0.3) is 43.9 Å². The number of piperidine rings is 1. The highest BCUT2D eigenvalue weighted by molar-refractivity contribution is 5.93. The Kier molecular flexibility index (Phi) is 6.69. The summed E-state index contributed by atoms with van der Waals surface area (Å²) < 4.78 is 10.0. The van der Waals surface area contributed by atoms with Gasteiger partial charge in [-0.25, -0.2) is 14.8 Å². The lowest BCUT2D eigenvalue weighted by molar-refractivity contribution is 0.0778. The number of rotatable bonds is 7. The summed E-state index contributed by atoms with van der Waals surface area (Å²) in [6.07, 6.45) is 9.05. The van der Waals surface area contributed by atoms with Gasteiger partial charge in [0.15, 0.2) is 17.0 Å². The summed E-state index contributed by atoms with van der Waals surface area (Å²) in [6, 6.07) is 9.94. The first-order valence-electron chi connectivity index (χ1n) is 13.2. The van der Waals surface area contributed by atoms with Gasteiger partial charge in [-0.05, 0) is 37.9 Å². The van der Waals surface area contributed by atoms with Crippen molar-refractivity contribution in [2.24, 2.45) is 13.0 Å². The molecule has 0 unspecified atom stereocenters. The van der Waals surface area contributed by atoms with Crippen molar-refractivity contribution in [3.63, 3.8) is 0 Å². The average Bonchev–Trinajstić information content (AvgIpc) is 3.58. The van der Waals surface area contributed by atoms with Gasteiger partial charge in [-0.2, -0.15) is 10.1 Å². The summed E-state index contributed by atoms with van der Waals surface area (Å²) in [7, 11) is 1.87. The minimum absolute atomic E-state index is 0.344. The van der Waals surface area contributed by atoms with E-state index in [2.05, 4.69) is 25.9 Å². The third kappa shape index (κ3) is 4.94. The molecule has 1 fully saturated rings. The quantitative estimate of drug-likeness (QED) is 0.317. The standard InChI is InChI=1S/C29H30N8O2/c1-19(38)16-36-11-4-5-20(17-36)18-39-29-34-26(21-6-8-24(30-2)9-7-21)25(28-31-10-12-37(28)29)22-13-23-15-33-35(3)27(23)32-14-22/h6-10,12-15,19-20,38H,4-5,11,16-18H2,1,3H3/t19-,20-/m1/s1. The molecule has 0 radical (unpaired) electrons. The Morgan fingerprint density at radius 1 is 1.15 bits per heavy atom. The summed E-state index contributed by atoms with van der Waals surface area (Å²) in [5, 5.41) is 15.1. The number of β-amino-alcohol motifs (C(OH)–C–C–N with tert-alkyl or cyclic N) is 1. The van der Waals surface area contributed by atoms with Crippen LogP contribution in [-0.2, 0) is 7.05 Å². The summed E-state index contributed by atoms with van der Waals surface area (Å²) in [5.74, 6) is 0.344. The predicted octanol–water partition coefficient (Wildman–Crippen LogP) is 4.37. The van der Waals surface area contributed by atoms with E-state index in [0.29, 0.717) is 42.1 Å². The Hall–Kier alpha value is -4.33. The van der Waals surface area contributed by atoms with Crippen LogP contribution >= 0.6 is 0 Å². The first-order chi connectivity index (χ1) is 19.0. The Balaban J connectivity index is 1.41. The predicted molar refractivity (Wildman–Crippen MR) is 149 cm³/mol. The van der Waals surface area contributed by atoms with E-state index < -0.39 is 0 Å². The van der Waals surface area contributed by atoms with Gasteiger partial charge in [-0.15, -0.1) is 0 Å². The molecule has 39 heavy (non-hydrogen) atoms. The van der Waals surface area contributed by atoms with Gasteiger partial charge >= 0.3 is 6.01 Å². The van der Waals surface area contributed by atoms with Gasteiger partial charge in [-0.1, -0.05) is 24.3 Å². The number of pyridine rings is 1. The van der Waals surface area contributed by atoms with Crippen LogP contribution in [0.1, 0.15) is 19.8 Å². The van der Waals surface area contributed by atoms with Crippen LogP contribution in [0.2, 0.25) is 0 Å². The molecule has 1 aliphatic rings. The van der Waals surface area contributed by atoms with Gasteiger partial charge in [0.05, 0.1) is 36.7 Å². The van der Waals surface area contributed by atoms with Crippen LogP contribution in [-0.4, -0.2) is 71.5 Å². The molecule has 0 aliphatic carbocycles. The maximum Gasteiger partial charge on any atom is 0.302 e. The van der Waals surface area contributed by atoms with E-state index in [1.54, 1.807) is 29.2 Å². The maximum absolute atomic E-state index is 9.83. The van der Waals surface area contributed by atoms with Crippen molar-refractivity contribution < 1.29 is 9.84 Å². The van der Waals surface area contributed by atoms with Crippen LogP contribution in [0.5, 0.6) is 6.01 Å². The highest BCUT2D eigenvalue weighted by Gasteiger charge is 2.24. The molecule has 1 aromatic carbocycles. The Morgan fingerprint density at radius 2 is 2.00 bits per heavy atom. The van der Waals surface area contributed by atoms with E-state index in [1.807, 2.05) is 42.9 Å². The van der Waals surface area contributed by atoms with Crippen LogP contribution in [0, 0.1) is 12.5 Å². The number of ether oxygens (including phenoxy) is 1. The number of nitrogens with zero attached hydrogens (tertiary/aromatic N) is 8. The minimum atomic E-state index is -0.346. The topological polar surface area (TPSA) is 98.0 Å². The van der Waals surface area contributed by atoms with E-state index in [9.17, 15) is 5.11 Å². The van der Waals surface area contributed by atoms with E-state index >= 15 is 0 Å². The first kappa shape index (κ1) is 25.0. The second-order valence-electron chi connectivity index (χ2n) is 10.2. The van der Waals surface area contributed by atoms with Crippen molar-refractivity contribution >= 4 is 22.4 Å². The van der Waals surface area contributed by atoms with Crippen LogP contribution in [0.15, 0.2) is 55.1 Å². The molecule has 198 valence electrons. The van der Waals surface area contributed by atoms with Gasteiger partial charge in [-0.3, -0.25) is 9.08 Å². The SMILES string of the molecule is [C-]#[N+]c1ccc(-c2nc(OC[C@@H]3CCCN(C[C@@H](C)O)C3)n3ccnc3c2-c2cnc3c(cnn3C)c2)cc1. The summed E-state index contributed by atoms with van der Waals surface area (Å²) in [6.45, 7) is 12.3. The highest BCUT2D eigenvalue weighted by atomic mass is 16.5. The molecule has 4 aromatic heterocycles. The third-order valence-corrected chi connectivity index (χ3v) is 7.22. The number of hydrogen-bond acceptors (Lipinski definition) is 7. The van der Waals surface area contributed by atoms with Crippen molar-refractivity contribution in [2.45, 2.75) is 25.9 Å². The second kappa shape index (κ2) is 10.4. The number of aliphatic hydroxyl groups excluding tert-OH is 1. The molecule has 5 aromatic rings. The fourth-order valence-corrected chi connectivity index (χ4v) is 5.42. The zero-order valence-electron chi connectivity index (χ0n) is 22.0. The molecule has 0 bridgehead atoms. The number of imidazole rings is 1. The van der Waals surface area contributed by atoms with E-state index in [4.69, 9.17) is 21.3 Å². The maximum atomic E-state index is 9.83. The molecular formula is C29H30N8O2. The highest BCUT2D eigenvalue weighted by Crippen LogP contribution is 2.37. The lowest BCUT2D eigenvalue weighted by atomic mass is 9.99. The molecule has 1 saturated heterocycles. The lowest BCUT2D eigenvalue weighted by Crippen LogP contribution is -2.41. The summed E-state index contributed by atoms with van der Waals surface area (Å²) in [5.41, 5.74) is 5.36. The van der Waals surface area contributed by atoms with Gasteiger partial charge < -0.3 is 14.7 Å². The van der Waals surface area contributed by atoms with Crippen molar-refractivity contribution in [1.29, 1.82) is 0 Å². The van der Waals surface area contributed by atoms with E-state index in [1.165, 1.54) is 0 Å². The summed E-state index contributed by atoms with van der Waals surface area (Å²) in [4.78, 5) is 20.2. The van der Waals surface area contributed by atoms with Crippen LogP contribution in [0.3, 0.4) is 0 Å². The summed E-state index contributed by atoms with van der Waals surface area (Å²) >= 11 is 0. The monoisotopic (exact) mass is 522 g/mol. The number of fused-ring (bicyclic) bond motifs is 2. The molecule has 5 heterocycles. The number of benzene rings is 1. The zero-order chi connectivity index (χ0) is 26.9. The third-order valence-electron chi connectivity index (χ3n) is 7.22. The molecule has 2 atom stereocenters. The fraction of sp³-hybridized carbons (Fsp3) is 0.345. The molecule has 10 heteroatoms. The zero-order valence-corrected chi connectivity index (χ0v) is 22.0. The van der Waals surface area contributed by atoms with Gasteiger partial charge in [0.1, 0.15) is 0 Å². The van der Waals surface area contributed by atoms with Crippen LogP contribution < -0.4 is 4.74 Å². The van der Waals surface area contributed by atoms with Gasteiger partial charge in [0.25, 0.3) is 0 Å². The number of aliphatic hydroxyl groups is 1. The van der Waals surface area contributed by atoms with Crippen molar-refractivity contribution in [3.05, 3.63) is 66.5 Å². The van der Waals surface area contributed by atoms with Crippen molar-refractivity contribution in [2.75, 3.05) is 26.2 Å². The number of likely N-dealkylation sites (tertiary alicyclic amines) is 1. The first-order valence-corrected chi connectivity index (χ1v) is 13.2. The molecule has 1 aliphatic heterocycles. The normalized spacial score (nSPS) is 16.9. The smallest absolute Gasteiger partial charge is 0.302 e. The van der Waals surface area contributed by atoms with E-state index in [-0.39, 0.29) is 6.10 Å². The Morgan fingerprint density at radius 3 is 2.79 bits per heavy atom. The Bertz CT molecular complexity index is 1670. The molecule has 0 saturated carbocycles. The number of aryl methyl sites for hydroxylation is 1. The minimum Gasteiger partial charge on any atom is -0.464 e. The van der Waals surface area contributed by atoms with Crippen LogP contribution in [0.4, 0.5) is 5.69 Å². The molecule has 0 spiro atoms. The van der Waals surface area contributed by atoms with Gasteiger partial charge in [0.2, 0.25) is 0 Å². The second-order valence-corrected chi connectivity index (χ2v) is 10.2. The fourth-order valence-electron chi connectivity index (χ4n) is 5.42. The number of aromatic nitrogens is 6. The average molecular weight is 523 g/mol. The number of hydrogen-bond donors (Lipinski definition) is 1. The van der Waals surface area contributed by atoms with Crippen molar-refractivity contribution in [1.82, 2.24) is 34.0 Å². The largest absolute Gasteiger partial charge is 0.464 e.